The number of likely N-dealkylation sites (N-methyl/N-ethyl adjacent to an activating group) is 1. The normalized spacial score (nSPS) is 16.0. The van der Waals surface area contributed by atoms with E-state index < -0.39 is 0 Å². The first-order valence-electron chi connectivity index (χ1n) is 10.4. The van der Waals surface area contributed by atoms with E-state index in [4.69, 9.17) is 4.98 Å². The minimum absolute atomic E-state index is 0.192. The van der Waals surface area contributed by atoms with Crippen molar-refractivity contribution in [2.75, 3.05) is 19.6 Å². The molecule has 0 N–H and O–H groups in total. The zero-order valence-electron chi connectivity index (χ0n) is 16.5. The smallest absolute Gasteiger partial charge is 0.165 e. The molecule has 2 aromatic heterocycles. The number of aromatic nitrogens is 2. The molecule has 0 saturated carbocycles. The van der Waals surface area contributed by atoms with Crippen LogP contribution in [-0.2, 0) is 19.4 Å². The van der Waals surface area contributed by atoms with E-state index in [1.165, 1.54) is 0 Å². The summed E-state index contributed by atoms with van der Waals surface area (Å²) in [5, 5.41) is 2.28. The molecule has 0 radical (unpaired) electrons. The Morgan fingerprint density at radius 3 is 2.32 bits per heavy atom. The Hall–Kier alpha value is -2.53. The number of pyridine rings is 1. The Labute approximate surface area is 164 Å². The van der Waals surface area contributed by atoms with E-state index in [9.17, 15) is 9.59 Å². The molecule has 5 nitrogen and oxygen atoms in total. The maximum Gasteiger partial charge on any atom is 0.165 e. The van der Waals surface area contributed by atoms with Gasteiger partial charge in [-0.2, -0.15) is 0 Å². The number of rotatable bonds is 5. The summed E-state index contributed by atoms with van der Waals surface area (Å²) in [6.07, 6.45) is 4.49. The maximum atomic E-state index is 12.3. The van der Waals surface area contributed by atoms with Crippen molar-refractivity contribution >= 4 is 33.5 Å². The molecule has 3 aromatic rings. The largest absolute Gasteiger partial charge is 0.324 e. The van der Waals surface area contributed by atoms with Gasteiger partial charge in [0.05, 0.1) is 5.52 Å². The van der Waals surface area contributed by atoms with Gasteiger partial charge in [0.2, 0.25) is 0 Å². The van der Waals surface area contributed by atoms with E-state index in [1.807, 2.05) is 6.07 Å². The molecule has 0 spiro atoms. The SMILES string of the molecule is CCN(CC)CCn1c2ccc3c(c2c2c4c(cnc21)C(=O)CC4)CCC3=O. The number of hydrogen-bond acceptors (Lipinski definition) is 4. The van der Waals surface area contributed by atoms with E-state index in [0.29, 0.717) is 12.8 Å². The fourth-order valence-electron chi connectivity index (χ4n) is 5.03. The molecular weight excluding hydrogens is 350 g/mol. The van der Waals surface area contributed by atoms with Crippen molar-refractivity contribution in [2.45, 2.75) is 46.1 Å². The average Bonchev–Trinajstić information content (AvgIpc) is 3.37. The molecular formula is C23H25N3O2. The van der Waals surface area contributed by atoms with Gasteiger partial charge in [-0.15, -0.1) is 0 Å². The second-order valence-corrected chi connectivity index (χ2v) is 7.86. The summed E-state index contributed by atoms with van der Waals surface area (Å²) >= 11 is 0. The Balaban J connectivity index is 1.80. The van der Waals surface area contributed by atoms with Gasteiger partial charge in [-0.05, 0) is 49.2 Å². The predicted octanol–water partition coefficient (Wildman–Crippen LogP) is 3.79. The van der Waals surface area contributed by atoms with Crippen LogP contribution < -0.4 is 0 Å². The highest BCUT2D eigenvalue weighted by Crippen LogP contribution is 2.40. The van der Waals surface area contributed by atoms with Crippen molar-refractivity contribution < 1.29 is 9.59 Å². The van der Waals surface area contributed by atoms with Crippen LogP contribution in [0.1, 0.15) is 58.5 Å². The highest BCUT2D eigenvalue weighted by atomic mass is 16.1. The van der Waals surface area contributed by atoms with E-state index in [0.717, 1.165) is 83.2 Å². The lowest BCUT2D eigenvalue weighted by atomic mass is 9.99. The zero-order valence-corrected chi connectivity index (χ0v) is 16.5. The molecule has 0 fully saturated rings. The molecule has 0 unspecified atom stereocenters. The third-order valence-corrected chi connectivity index (χ3v) is 6.59. The fourth-order valence-corrected chi connectivity index (χ4v) is 5.03. The summed E-state index contributed by atoms with van der Waals surface area (Å²) in [6, 6.07) is 4.08. The van der Waals surface area contributed by atoms with Crippen LogP contribution in [0.4, 0.5) is 0 Å². The molecule has 0 bridgehead atoms. The minimum atomic E-state index is 0.192. The van der Waals surface area contributed by atoms with Crippen LogP contribution in [0.5, 0.6) is 0 Å². The first-order valence-corrected chi connectivity index (χ1v) is 10.4. The molecule has 2 heterocycles. The van der Waals surface area contributed by atoms with Crippen LogP contribution in [0.15, 0.2) is 18.3 Å². The number of ketones is 2. The van der Waals surface area contributed by atoms with Crippen LogP contribution in [0.2, 0.25) is 0 Å². The van der Waals surface area contributed by atoms with Crippen LogP contribution in [0.25, 0.3) is 21.9 Å². The molecule has 0 saturated heterocycles. The molecule has 2 aliphatic carbocycles. The molecule has 5 heteroatoms. The highest BCUT2D eigenvalue weighted by Gasteiger charge is 2.30. The number of hydrogen-bond donors (Lipinski definition) is 0. The first kappa shape index (κ1) is 17.6. The van der Waals surface area contributed by atoms with Gasteiger partial charge < -0.3 is 9.47 Å². The van der Waals surface area contributed by atoms with Gasteiger partial charge in [0.25, 0.3) is 0 Å². The summed E-state index contributed by atoms with van der Waals surface area (Å²) in [4.78, 5) is 31.8. The molecule has 28 heavy (non-hydrogen) atoms. The van der Waals surface area contributed by atoms with Crippen LogP contribution in [-0.4, -0.2) is 45.7 Å². The van der Waals surface area contributed by atoms with Gasteiger partial charge in [0, 0.05) is 54.0 Å². The summed E-state index contributed by atoms with van der Waals surface area (Å²) < 4.78 is 2.30. The molecule has 2 aliphatic rings. The summed E-state index contributed by atoms with van der Waals surface area (Å²) in [6.45, 7) is 8.23. The topological polar surface area (TPSA) is 55.2 Å². The van der Waals surface area contributed by atoms with Gasteiger partial charge >= 0.3 is 0 Å². The number of aryl methyl sites for hydroxylation is 2. The van der Waals surface area contributed by atoms with Crippen LogP contribution in [0, 0.1) is 0 Å². The molecule has 1 aromatic carbocycles. The van der Waals surface area contributed by atoms with Gasteiger partial charge in [-0.25, -0.2) is 4.98 Å². The van der Waals surface area contributed by atoms with E-state index in [-0.39, 0.29) is 11.6 Å². The fraction of sp³-hybridized carbons (Fsp3) is 0.435. The second-order valence-electron chi connectivity index (χ2n) is 7.86. The lowest BCUT2D eigenvalue weighted by molar-refractivity contribution is 0.0986. The van der Waals surface area contributed by atoms with Gasteiger partial charge in [-0.1, -0.05) is 13.8 Å². The molecule has 0 aliphatic heterocycles. The monoisotopic (exact) mass is 375 g/mol. The Morgan fingerprint density at radius 1 is 0.929 bits per heavy atom. The number of carbonyl (C=O) groups is 2. The Kier molecular flexibility index (Phi) is 4.09. The van der Waals surface area contributed by atoms with E-state index in [2.05, 4.69) is 29.4 Å². The third-order valence-electron chi connectivity index (χ3n) is 6.59. The van der Waals surface area contributed by atoms with Crippen molar-refractivity contribution in [3.05, 3.63) is 40.6 Å². The van der Waals surface area contributed by atoms with Crippen LogP contribution >= 0.6 is 0 Å². The molecule has 144 valence electrons. The average molecular weight is 375 g/mol. The summed E-state index contributed by atoms with van der Waals surface area (Å²) in [7, 11) is 0. The summed E-state index contributed by atoms with van der Waals surface area (Å²) in [5.74, 6) is 0.426. The van der Waals surface area contributed by atoms with E-state index >= 15 is 0 Å². The van der Waals surface area contributed by atoms with E-state index in [1.54, 1.807) is 6.20 Å². The molecule has 0 atom stereocenters. The Morgan fingerprint density at radius 2 is 1.61 bits per heavy atom. The van der Waals surface area contributed by atoms with Crippen molar-refractivity contribution in [3.63, 3.8) is 0 Å². The number of carbonyl (C=O) groups excluding carboxylic acids is 2. The van der Waals surface area contributed by atoms with Crippen molar-refractivity contribution in [1.29, 1.82) is 0 Å². The van der Waals surface area contributed by atoms with Crippen LogP contribution in [0.3, 0.4) is 0 Å². The quantitative estimate of drug-likeness (QED) is 0.681. The molecule has 0 amide bonds. The van der Waals surface area contributed by atoms with Gasteiger partial charge in [-0.3, -0.25) is 9.59 Å². The van der Waals surface area contributed by atoms with Crippen molar-refractivity contribution in [3.8, 4) is 0 Å². The Bertz CT molecular complexity index is 1060. The second kappa shape index (κ2) is 6.52. The minimum Gasteiger partial charge on any atom is -0.324 e. The maximum absolute atomic E-state index is 12.3. The summed E-state index contributed by atoms with van der Waals surface area (Å²) in [5.41, 5.74) is 6.03. The number of nitrogens with zero attached hydrogens (tertiary/aromatic N) is 3. The number of benzene rings is 1. The van der Waals surface area contributed by atoms with Gasteiger partial charge in [0.15, 0.2) is 11.6 Å². The third kappa shape index (κ3) is 2.39. The predicted molar refractivity (Wildman–Crippen MR) is 110 cm³/mol. The lowest BCUT2D eigenvalue weighted by Gasteiger charge is -2.19. The zero-order chi connectivity index (χ0) is 19.4. The van der Waals surface area contributed by atoms with Crippen molar-refractivity contribution in [1.82, 2.24) is 14.5 Å². The molecule has 5 rings (SSSR count). The first-order chi connectivity index (χ1) is 13.6. The van der Waals surface area contributed by atoms with Crippen molar-refractivity contribution in [2.24, 2.45) is 0 Å². The highest BCUT2D eigenvalue weighted by molar-refractivity contribution is 6.17. The lowest BCUT2D eigenvalue weighted by Crippen LogP contribution is -2.27. The standard InChI is InChI=1S/C23H25N3O2/c1-3-25(4-2)11-12-26-18-8-5-14-15(6-9-19(14)27)21(18)22-16-7-10-20(28)17(16)13-24-23(22)26/h5,8,13H,3-4,6-7,9-12H2,1-2H3. The number of Topliss-reactive ketones (excluding diaryl/α,β-unsaturated/α-hetero) is 2. The number of fused-ring (bicyclic) bond motifs is 7. The van der Waals surface area contributed by atoms with Gasteiger partial charge in [0.1, 0.15) is 5.65 Å².